The number of carbonyl (C=O) groups is 2. The molecule has 4 aromatic rings. The fourth-order valence-electron chi connectivity index (χ4n) is 4.91. The van der Waals surface area contributed by atoms with Crippen molar-refractivity contribution in [2.75, 3.05) is 55.2 Å². The van der Waals surface area contributed by atoms with E-state index in [1.807, 2.05) is 54.6 Å². The van der Waals surface area contributed by atoms with Gasteiger partial charge in [-0.1, -0.05) is 19.6 Å². The van der Waals surface area contributed by atoms with E-state index in [0.29, 0.717) is 46.9 Å². The van der Waals surface area contributed by atoms with Gasteiger partial charge in [0.2, 0.25) is 0 Å². The minimum atomic E-state index is -1.29. The van der Waals surface area contributed by atoms with Crippen molar-refractivity contribution in [2.24, 2.45) is 0 Å². The zero-order valence-corrected chi connectivity index (χ0v) is 41.6. The molecule has 0 heterocycles. The third-order valence-electron chi connectivity index (χ3n) is 8.09. The second kappa shape index (κ2) is 27.3. The number of aromatic carboxylic acids is 1. The Morgan fingerprint density at radius 3 is 1.39 bits per heavy atom. The normalized spacial score (nSPS) is 11.0. The molecule has 0 unspecified atom stereocenters. The number of hydrogen-bond donors (Lipinski definition) is 2. The number of carbonyl (C=O) groups excluding carboxylic acids is 1. The second-order valence-electron chi connectivity index (χ2n) is 15.4. The molecule has 0 fully saturated rings. The van der Waals surface area contributed by atoms with Crippen LogP contribution < -0.4 is 27.9 Å². The van der Waals surface area contributed by atoms with Crippen LogP contribution in [0.5, 0.6) is 23.0 Å². The molecule has 15 heteroatoms. The van der Waals surface area contributed by atoms with Gasteiger partial charge < -0.3 is 5.11 Å². The van der Waals surface area contributed by atoms with Gasteiger partial charge in [-0.15, -0.1) is 0 Å². The van der Waals surface area contributed by atoms with Crippen molar-refractivity contribution in [3.63, 3.8) is 0 Å². The topological polar surface area (TPSA) is 139 Å². The van der Waals surface area contributed by atoms with E-state index in [4.69, 9.17) is 38.3 Å². The Morgan fingerprint density at radius 1 is 0.610 bits per heavy atom. The molecule has 0 spiro atoms. The van der Waals surface area contributed by atoms with E-state index < -0.39 is 22.1 Å². The zero-order valence-electron chi connectivity index (χ0n) is 36.1. The first-order valence-corrected chi connectivity index (χ1v) is 30.6. The van der Waals surface area contributed by atoms with Crippen LogP contribution in [0.15, 0.2) is 84.9 Å². The molecule has 0 radical (unpaired) electrons. The number of aliphatic hydroxyl groups is 1. The van der Waals surface area contributed by atoms with Crippen LogP contribution in [0.3, 0.4) is 0 Å². The average molecular weight is 981 g/mol. The Balaban J connectivity index is 0.000000356. The molecule has 59 heavy (non-hydrogen) atoms. The van der Waals surface area contributed by atoms with Crippen LogP contribution in [0.2, 0.25) is 51.4 Å². The Bertz CT molecular complexity index is 1840. The number of carboxylic acids is 1. The Kier molecular flexibility index (Phi) is 23.8. The minimum absolute atomic E-state index is 0.0171. The van der Waals surface area contributed by atoms with Crippen molar-refractivity contribution in [2.45, 2.75) is 62.0 Å². The molecule has 11 nitrogen and oxygen atoms in total. The van der Waals surface area contributed by atoms with Gasteiger partial charge >= 0.3 is 322 Å². The molecule has 0 bridgehead atoms. The summed E-state index contributed by atoms with van der Waals surface area (Å²) in [6.45, 7) is 14.4. The fourth-order valence-corrected chi connectivity index (χ4v) is 10.1. The standard InChI is InChI=1S/C22H30O5SeSi.C17H18O5Se.C5H14OSi/c1-24-16-27-20-14-18(25-2)13-17(15-28-19-9-7-6-8-10-19)21(20)22(23)26-11-12-29(3,4)5;1-20-11-22-15-9-13(21-2)8-12(16(15)17(18)19)10-23-14-6-4-3-5-7-14;1-7(2,3)5-4-6/h6-10,13-14H,11-12,15-16H2,1-5H3;3-9H,10-11H2,1-2H3,(H,18,19);6H,4-5H2,1-3H3. The Labute approximate surface area is 365 Å². The van der Waals surface area contributed by atoms with Crippen molar-refractivity contribution >= 4 is 66.9 Å². The number of hydrogen-bond acceptors (Lipinski definition) is 10. The van der Waals surface area contributed by atoms with Crippen molar-refractivity contribution in [3.05, 3.63) is 107 Å². The Morgan fingerprint density at radius 2 is 1.03 bits per heavy atom. The zero-order chi connectivity index (χ0) is 43.8. The SMILES string of the molecule is COCOc1cc(OC)cc(C[Se]c2ccccc2)c1C(=O)O.COCOc1cc(OC)cc(C[Se]c2ccccc2)c1C(=O)OCC[Si](C)(C)C.C[Si](C)(C)CCO. The second-order valence-corrected chi connectivity index (χ2v) is 31.1. The number of methoxy groups -OCH3 is 4. The summed E-state index contributed by atoms with van der Waals surface area (Å²) in [5.41, 5.74) is 2.21. The summed E-state index contributed by atoms with van der Waals surface area (Å²) in [4.78, 5) is 24.6. The molecule has 0 saturated carbocycles. The summed E-state index contributed by atoms with van der Waals surface area (Å²) in [6.07, 6.45) is 0. The molecular formula is C44H62O11Se2Si2. The summed E-state index contributed by atoms with van der Waals surface area (Å²) in [5.74, 6) is 0.544. The number of esters is 1. The van der Waals surface area contributed by atoms with E-state index in [1.54, 1.807) is 39.5 Å². The monoisotopic (exact) mass is 982 g/mol. The molecule has 0 aliphatic rings. The quantitative estimate of drug-likeness (QED) is 0.0511. The summed E-state index contributed by atoms with van der Waals surface area (Å²) >= 11 is 0.288. The Hall–Kier alpha value is -3.63. The molecule has 0 amide bonds. The first-order valence-electron chi connectivity index (χ1n) is 19.1. The van der Waals surface area contributed by atoms with Crippen molar-refractivity contribution < 1.29 is 53.0 Å². The van der Waals surface area contributed by atoms with Crippen LogP contribution in [0.25, 0.3) is 0 Å². The van der Waals surface area contributed by atoms with Gasteiger partial charge in [0.05, 0.1) is 0 Å². The summed E-state index contributed by atoms with van der Waals surface area (Å²) in [5, 5.41) is 19.4. The van der Waals surface area contributed by atoms with Crippen LogP contribution in [0.1, 0.15) is 31.8 Å². The number of rotatable bonds is 21. The van der Waals surface area contributed by atoms with E-state index in [2.05, 4.69) is 51.4 Å². The van der Waals surface area contributed by atoms with Gasteiger partial charge in [-0.3, -0.25) is 0 Å². The van der Waals surface area contributed by atoms with Crippen molar-refractivity contribution in [1.29, 1.82) is 0 Å². The largest absolute Gasteiger partial charge is 0.397 e. The number of carboxylic acid groups (broad SMARTS) is 1. The van der Waals surface area contributed by atoms with Crippen molar-refractivity contribution in [3.8, 4) is 23.0 Å². The van der Waals surface area contributed by atoms with Gasteiger partial charge in [0.25, 0.3) is 0 Å². The maximum atomic E-state index is 13.0. The van der Waals surface area contributed by atoms with Crippen LogP contribution in [0, 0.1) is 0 Å². The summed E-state index contributed by atoms with van der Waals surface area (Å²) in [6, 6.07) is 29.2. The van der Waals surface area contributed by atoms with E-state index >= 15 is 0 Å². The molecule has 324 valence electrons. The van der Waals surface area contributed by atoms with E-state index in [0.717, 1.165) is 23.0 Å². The molecule has 4 rings (SSSR count). The van der Waals surface area contributed by atoms with Crippen LogP contribution >= 0.6 is 0 Å². The summed E-state index contributed by atoms with van der Waals surface area (Å²) in [7, 11) is 3.98. The molecule has 0 atom stereocenters. The average Bonchev–Trinajstić information content (AvgIpc) is 3.20. The smallest absolute Gasteiger partial charge is 0.0465 e. The predicted octanol–water partition coefficient (Wildman–Crippen LogP) is 6.93. The molecule has 0 aliphatic carbocycles. The maximum absolute atomic E-state index is 13.0. The van der Waals surface area contributed by atoms with Gasteiger partial charge in [0.15, 0.2) is 0 Å². The third kappa shape index (κ3) is 20.5. The van der Waals surface area contributed by atoms with Crippen molar-refractivity contribution in [1.82, 2.24) is 0 Å². The first-order chi connectivity index (χ1) is 28.0. The van der Waals surface area contributed by atoms with Crippen LogP contribution in [-0.2, 0) is 24.8 Å². The molecule has 0 saturated heterocycles. The predicted molar refractivity (Wildman–Crippen MR) is 243 cm³/mol. The van der Waals surface area contributed by atoms with Gasteiger partial charge in [-0.2, -0.15) is 0 Å². The molecule has 0 aliphatic heterocycles. The number of ether oxygens (including phenoxy) is 7. The molecule has 4 aromatic carbocycles. The molecule has 2 N–H and O–H groups in total. The molecule has 0 aromatic heterocycles. The van der Waals surface area contributed by atoms with Crippen LogP contribution in [-0.4, -0.2) is 123 Å². The molecular weight excluding hydrogens is 919 g/mol. The maximum Gasteiger partial charge on any atom is 0.0465 e. The fraction of sp³-hybridized carbons (Fsp3) is 0.409. The van der Waals surface area contributed by atoms with Gasteiger partial charge in [-0.05, 0) is 6.04 Å². The number of benzene rings is 4. The van der Waals surface area contributed by atoms with E-state index in [1.165, 1.54) is 16.0 Å². The summed E-state index contributed by atoms with van der Waals surface area (Å²) < 4.78 is 39.8. The van der Waals surface area contributed by atoms with Gasteiger partial charge in [0.1, 0.15) is 0 Å². The third-order valence-corrected chi connectivity index (χ3v) is 16.0. The van der Waals surface area contributed by atoms with Gasteiger partial charge in [0, 0.05) is 14.7 Å². The van der Waals surface area contributed by atoms with Crippen LogP contribution in [0.4, 0.5) is 0 Å². The minimum Gasteiger partial charge on any atom is -0.397 e. The van der Waals surface area contributed by atoms with Gasteiger partial charge in [-0.25, -0.2) is 0 Å². The first kappa shape index (κ1) is 51.5. The van der Waals surface area contributed by atoms with E-state index in [-0.39, 0.29) is 60.8 Å². The number of aliphatic hydroxyl groups excluding tert-OH is 1. The van der Waals surface area contributed by atoms with E-state index in [9.17, 15) is 14.7 Å².